The fourth-order valence-corrected chi connectivity index (χ4v) is 1.56. The number of aliphatic imine (C=N–C) groups is 1. The van der Waals surface area contributed by atoms with E-state index in [0.717, 1.165) is 16.8 Å². The van der Waals surface area contributed by atoms with Crippen molar-refractivity contribution in [1.82, 2.24) is 9.97 Å². The molecular weight excluding hydrogens is 266 g/mol. The van der Waals surface area contributed by atoms with E-state index in [0.29, 0.717) is 5.71 Å². The van der Waals surface area contributed by atoms with E-state index in [2.05, 4.69) is 20.1 Å². The van der Waals surface area contributed by atoms with Gasteiger partial charge in [-0.3, -0.25) is 4.99 Å². The van der Waals surface area contributed by atoms with Gasteiger partial charge in [0, 0.05) is 12.4 Å². The fourth-order valence-electron chi connectivity index (χ4n) is 1.56. The molecule has 1 aromatic carbocycles. The van der Waals surface area contributed by atoms with Crippen molar-refractivity contribution in [3.8, 4) is 6.01 Å². The van der Waals surface area contributed by atoms with Crippen LogP contribution in [0.2, 0.25) is 0 Å². The number of aromatic nitrogens is 2. The Morgan fingerprint density at radius 3 is 2.67 bits per heavy atom. The highest BCUT2D eigenvalue weighted by molar-refractivity contribution is 6.31. The molecule has 1 heterocycles. The lowest BCUT2D eigenvalue weighted by Gasteiger charge is -2.03. The zero-order valence-electron chi connectivity index (χ0n) is 12.0. The zero-order valence-corrected chi connectivity index (χ0v) is 12.0. The first-order valence-corrected chi connectivity index (χ1v) is 6.46. The molecule has 2 rings (SSSR count). The van der Waals surface area contributed by atoms with Gasteiger partial charge in [0.15, 0.2) is 0 Å². The minimum absolute atomic E-state index is 0.162. The summed E-state index contributed by atoms with van der Waals surface area (Å²) in [5.74, 6) is 5.33. The van der Waals surface area contributed by atoms with E-state index in [4.69, 9.17) is 10.6 Å². The Hall–Kier alpha value is -2.76. The van der Waals surface area contributed by atoms with Gasteiger partial charge in [0.2, 0.25) is 0 Å². The number of hydrogen-bond donors (Lipinski definition) is 1. The molecule has 6 heteroatoms. The molecule has 1 aromatic heterocycles. The first kappa shape index (κ1) is 14.6. The van der Waals surface area contributed by atoms with Crippen molar-refractivity contribution in [2.75, 3.05) is 6.61 Å². The number of nitrogens with two attached hydrogens (primary N) is 1. The summed E-state index contributed by atoms with van der Waals surface area (Å²) in [7, 11) is 0. The van der Waals surface area contributed by atoms with Gasteiger partial charge in [0.25, 0.3) is 0 Å². The van der Waals surface area contributed by atoms with Gasteiger partial charge in [-0.1, -0.05) is 12.1 Å². The molecule has 0 saturated carbocycles. The summed E-state index contributed by atoms with van der Waals surface area (Å²) < 4.78 is 5.40. The molecule has 0 saturated heterocycles. The highest BCUT2D eigenvalue weighted by Gasteiger charge is 2.01. The average Bonchev–Trinajstić information content (AvgIpc) is 2.49. The normalized spacial score (nSPS) is 11.8. The van der Waals surface area contributed by atoms with Crippen LogP contribution >= 0.6 is 0 Å². The van der Waals surface area contributed by atoms with Gasteiger partial charge >= 0.3 is 6.01 Å². The predicted molar refractivity (Wildman–Crippen MR) is 83.2 cm³/mol. The molecule has 0 fully saturated rings. The fraction of sp³-hybridized carbons (Fsp3) is 0.200. The van der Waals surface area contributed by atoms with E-state index >= 15 is 0 Å². The van der Waals surface area contributed by atoms with Crippen molar-refractivity contribution in [3.63, 3.8) is 0 Å². The highest BCUT2D eigenvalue weighted by Crippen LogP contribution is 2.12. The Morgan fingerprint density at radius 1 is 1.24 bits per heavy atom. The number of hydrogen-bond acceptors (Lipinski definition) is 6. The van der Waals surface area contributed by atoms with Crippen LogP contribution in [0.5, 0.6) is 6.01 Å². The third-order valence-corrected chi connectivity index (χ3v) is 2.64. The van der Waals surface area contributed by atoms with Gasteiger partial charge in [-0.05, 0) is 37.1 Å². The van der Waals surface area contributed by atoms with Crippen LogP contribution in [0.4, 0.5) is 5.69 Å². The SMILES string of the molecule is Cc1cnc(OCC(C=Nc2cccc(C)c2)=NN)nc1. The summed E-state index contributed by atoms with van der Waals surface area (Å²) in [4.78, 5) is 12.4. The van der Waals surface area contributed by atoms with Gasteiger partial charge in [-0.15, -0.1) is 0 Å². The van der Waals surface area contributed by atoms with Gasteiger partial charge in [-0.2, -0.15) is 5.10 Å². The molecule has 0 aliphatic heterocycles. The van der Waals surface area contributed by atoms with Crippen LogP contribution in [-0.2, 0) is 0 Å². The average molecular weight is 283 g/mol. The van der Waals surface area contributed by atoms with E-state index in [1.54, 1.807) is 18.6 Å². The van der Waals surface area contributed by atoms with Crippen LogP contribution in [0.25, 0.3) is 0 Å². The minimum atomic E-state index is 0.162. The molecule has 0 aliphatic rings. The number of ether oxygens (including phenoxy) is 1. The van der Waals surface area contributed by atoms with Crippen LogP contribution in [0.1, 0.15) is 11.1 Å². The highest BCUT2D eigenvalue weighted by atomic mass is 16.5. The van der Waals surface area contributed by atoms with Crippen molar-refractivity contribution >= 4 is 17.6 Å². The Morgan fingerprint density at radius 2 is 2.00 bits per heavy atom. The van der Waals surface area contributed by atoms with Crippen LogP contribution in [0, 0.1) is 13.8 Å². The molecule has 21 heavy (non-hydrogen) atoms. The van der Waals surface area contributed by atoms with Crippen LogP contribution in [-0.4, -0.2) is 28.5 Å². The quantitative estimate of drug-likeness (QED) is 0.517. The van der Waals surface area contributed by atoms with Crippen molar-refractivity contribution < 1.29 is 4.74 Å². The lowest BCUT2D eigenvalue weighted by molar-refractivity contribution is 0.346. The molecule has 6 nitrogen and oxygen atoms in total. The minimum Gasteiger partial charge on any atom is -0.457 e. The molecule has 2 aromatic rings. The summed E-state index contributed by atoms with van der Waals surface area (Å²) in [5.41, 5.74) is 3.44. The Bertz CT molecular complexity index is 649. The Labute approximate surface area is 123 Å². The van der Waals surface area contributed by atoms with E-state index < -0.39 is 0 Å². The first-order chi connectivity index (χ1) is 10.2. The van der Waals surface area contributed by atoms with Gasteiger partial charge < -0.3 is 10.6 Å². The molecule has 0 bridgehead atoms. The van der Waals surface area contributed by atoms with Gasteiger partial charge in [0.05, 0.1) is 11.9 Å². The van der Waals surface area contributed by atoms with Crippen LogP contribution < -0.4 is 10.6 Å². The molecule has 0 atom stereocenters. The second-order valence-corrected chi connectivity index (χ2v) is 4.55. The summed E-state index contributed by atoms with van der Waals surface area (Å²) in [6.45, 7) is 4.08. The van der Waals surface area contributed by atoms with E-state index in [9.17, 15) is 0 Å². The second kappa shape index (κ2) is 7.14. The third-order valence-electron chi connectivity index (χ3n) is 2.64. The third kappa shape index (κ3) is 4.68. The van der Waals surface area contributed by atoms with Crippen LogP contribution in [0.3, 0.4) is 0 Å². The summed E-state index contributed by atoms with van der Waals surface area (Å²) in [6.07, 6.45) is 4.94. The molecule has 0 radical (unpaired) electrons. The molecule has 0 amide bonds. The topological polar surface area (TPSA) is 85.8 Å². The number of hydrazone groups is 1. The number of rotatable bonds is 5. The van der Waals surface area contributed by atoms with Crippen molar-refractivity contribution in [3.05, 3.63) is 47.8 Å². The molecule has 0 spiro atoms. The number of benzene rings is 1. The Kier molecular flexibility index (Phi) is 4.98. The molecule has 0 unspecified atom stereocenters. The smallest absolute Gasteiger partial charge is 0.316 e. The maximum Gasteiger partial charge on any atom is 0.316 e. The van der Waals surface area contributed by atoms with E-state index in [1.165, 1.54) is 0 Å². The maximum absolute atomic E-state index is 5.40. The monoisotopic (exact) mass is 283 g/mol. The van der Waals surface area contributed by atoms with Crippen molar-refractivity contribution in [1.29, 1.82) is 0 Å². The standard InChI is InChI=1S/C15H17N5O/c1-11-4-3-5-13(6-11)17-9-14(20-16)10-21-15-18-7-12(2)8-19-15/h3-9H,10,16H2,1-2H3. The summed E-state index contributed by atoms with van der Waals surface area (Å²) in [6, 6.07) is 8.11. The lowest BCUT2D eigenvalue weighted by atomic mass is 10.2. The first-order valence-electron chi connectivity index (χ1n) is 6.46. The Balaban J connectivity index is 1.96. The maximum atomic E-state index is 5.40. The second-order valence-electron chi connectivity index (χ2n) is 4.55. The largest absolute Gasteiger partial charge is 0.457 e. The predicted octanol–water partition coefficient (Wildman–Crippen LogP) is 2.19. The number of nitrogens with zero attached hydrogens (tertiary/aromatic N) is 4. The molecule has 2 N–H and O–H groups in total. The van der Waals surface area contributed by atoms with Gasteiger partial charge in [-0.25, -0.2) is 9.97 Å². The number of aryl methyl sites for hydroxylation is 2. The zero-order chi connectivity index (χ0) is 15.1. The van der Waals surface area contributed by atoms with Crippen molar-refractivity contribution in [2.45, 2.75) is 13.8 Å². The van der Waals surface area contributed by atoms with Crippen molar-refractivity contribution in [2.24, 2.45) is 15.9 Å². The van der Waals surface area contributed by atoms with Gasteiger partial charge in [0.1, 0.15) is 12.3 Å². The summed E-state index contributed by atoms with van der Waals surface area (Å²) >= 11 is 0. The molecule has 0 aliphatic carbocycles. The van der Waals surface area contributed by atoms with E-state index in [-0.39, 0.29) is 12.6 Å². The molecular formula is C15H17N5O. The lowest BCUT2D eigenvalue weighted by Crippen LogP contribution is -2.16. The molecule has 108 valence electrons. The van der Waals surface area contributed by atoms with Crippen LogP contribution in [0.15, 0.2) is 46.8 Å². The van der Waals surface area contributed by atoms with E-state index in [1.807, 2.05) is 38.1 Å². The summed E-state index contributed by atoms with van der Waals surface area (Å²) in [5, 5.41) is 3.64.